The zero-order chi connectivity index (χ0) is 21.7. The van der Waals surface area contributed by atoms with E-state index in [0.29, 0.717) is 5.56 Å². The zero-order valence-corrected chi connectivity index (χ0v) is 18.2. The topological polar surface area (TPSA) is 57.5 Å². The zero-order valence-electron chi connectivity index (χ0n) is 18.2. The molecule has 4 rings (SSSR count). The van der Waals surface area contributed by atoms with E-state index in [-0.39, 0.29) is 23.4 Å². The van der Waals surface area contributed by atoms with E-state index in [9.17, 15) is 15.0 Å². The highest BCUT2D eigenvalue weighted by Crippen LogP contribution is 2.47. The van der Waals surface area contributed by atoms with Crippen LogP contribution in [-0.4, -0.2) is 16.0 Å². The number of carbonyl (C=O) groups is 1. The Labute approximate surface area is 178 Å². The number of hydrogen-bond donors (Lipinski definition) is 2. The molecule has 0 bridgehead atoms. The summed E-state index contributed by atoms with van der Waals surface area (Å²) in [4.78, 5) is 12.6. The summed E-state index contributed by atoms with van der Waals surface area (Å²) < 4.78 is 0. The number of carbonyl (C=O) groups excluding carboxylic acids is 1. The molecule has 0 saturated heterocycles. The number of aliphatic hydroxyl groups excluding tert-OH is 1. The first-order valence-electron chi connectivity index (χ1n) is 10.5. The van der Waals surface area contributed by atoms with Gasteiger partial charge in [0, 0.05) is 5.57 Å². The molecular formula is C27H28O3. The number of fused-ring (bicyclic) bond motifs is 2. The fourth-order valence-corrected chi connectivity index (χ4v) is 4.51. The third kappa shape index (κ3) is 3.14. The maximum Gasteiger partial charge on any atom is 0.182 e. The molecule has 0 aliphatic heterocycles. The highest BCUT2D eigenvalue weighted by Gasteiger charge is 2.32. The summed E-state index contributed by atoms with van der Waals surface area (Å²) in [7, 11) is 0. The molecule has 2 aromatic carbocycles. The Bertz CT molecular complexity index is 1140. The maximum absolute atomic E-state index is 12.6. The van der Waals surface area contributed by atoms with Gasteiger partial charge >= 0.3 is 0 Å². The minimum atomic E-state index is -0.810. The van der Waals surface area contributed by atoms with Crippen molar-refractivity contribution in [3.63, 3.8) is 0 Å². The minimum Gasteiger partial charge on any atom is -0.508 e. The molecule has 30 heavy (non-hydrogen) atoms. The SMILES string of the molecule is CC1=CC(=O)C(C(C)C)=CC1=C1c2ccccc2C(O)c2cc(O)c(C(C)C)cc21. The molecule has 3 heteroatoms. The van der Waals surface area contributed by atoms with Gasteiger partial charge in [-0.3, -0.25) is 4.79 Å². The van der Waals surface area contributed by atoms with Crippen molar-refractivity contribution in [2.45, 2.75) is 46.6 Å². The van der Waals surface area contributed by atoms with Crippen LogP contribution < -0.4 is 0 Å². The first-order valence-corrected chi connectivity index (χ1v) is 10.5. The van der Waals surface area contributed by atoms with E-state index in [1.807, 2.05) is 71.0 Å². The number of phenolic OH excluding ortho intramolecular Hbond substituents is 1. The molecule has 3 nitrogen and oxygen atoms in total. The van der Waals surface area contributed by atoms with Crippen LogP contribution >= 0.6 is 0 Å². The minimum absolute atomic E-state index is 0.0600. The standard InChI is InChI=1S/C27H28O3/c1-14(2)19-11-21(16(5)10-24(19)28)26-17-8-6-7-9-18(17)27(30)23-13-25(29)20(15(3)4)12-22(23)26/h6-15,27,29-30H,1-5H3. The molecule has 2 aliphatic rings. The Morgan fingerprint density at radius 3 is 2.27 bits per heavy atom. The van der Waals surface area contributed by atoms with Crippen molar-refractivity contribution in [2.75, 3.05) is 0 Å². The molecule has 0 heterocycles. The van der Waals surface area contributed by atoms with Gasteiger partial charge in [-0.05, 0) is 87.6 Å². The monoisotopic (exact) mass is 400 g/mol. The van der Waals surface area contributed by atoms with Gasteiger partial charge in [0.1, 0.15) is 11.9 Å². The maximum atomic E-state index is 12.6. The van der Waals surface area contributed by atoms with Crippen molar-refractivity contribution in [1.82, 2.24) is 0 Å². The van der Waals surface area contributed by atoms with Crippen molar-refractivity contribution >= 4 is 11.4 Å². The van der Waals surface area contributed by atoms with E-state index in [2.05, 4.69) is 0 Å². The van der Waals surface area contributed by atoms with Crippen molar-refractivity contribution in [3.8, 4) is 5.75 Å². The molecule has 2 N–H and O–H groups in total. The first kappa shape index (κ1) is 20.4. The molecule has 1 atom stereocenters. The van der Waals surface area contributed by atoms with Gasteiger partial charge in [-0.25, -0.2) is 0 Å². The summed E-state index contributed by atoms with van der Waals surface area (Å²) in [6.45, 7) is 10.1. The normalized spacial score (nSPS) is 20.8. The molecule has 0 aromatic heterocycles. The lowest BCUT2D eigenvalue weighted by molar-refractivity contribution is -0.111. The van der Waals surface area contributed by atoms with E-state index in [4.69, 9.17) is 0 Å². The predicted octanol–water partition coefficient (Wildman–Crippen LogP) is 5.82. The number of rotatable bonds is 2. The van der Waals surface area contributed by atoms with Gasteiger partial charge in [-0.2, -0.15) is 0 Å². The number of allylic oxidation sites excluding steroid dienone is 5. The lowest BCUT2D eigenvalue weighted by Crippen LogP contribution is -2.17. The second-order valence-electron chi connectivity index (χ2n) is 8.88. The number of ketones is 1. The van der Waals surface area contributed by atoms with E-state index in [1.165, 1.54) is 0 Å². The molecule has 2 aliphatic carbocycles. The summed E-state index contributed by atoms with van der Waals surface area (Å²) in [5.74, 6) is 0.524. The molecule has 1 unspecified atom stereocenters. The summed E-state index contributed by atoms with van der Waals surface area (Å²) in [5.41, 5.74) is 7.95. The molecule has 0 amide bonds. The lowest BCUT2D eigenvalue weighted by Gasteiger charge is -2.31. The molecule has 154 valence electrons. The van der Waals surface area contributed by atoms with E-state index < -0.39 is 6.10 Å². The second-order valence-corrected chi connectivity index (χ2v) is 8.88. The van der Waals surface area contributed by atoms with Crippen LogP contribution in [0.25, 0.3) is 5.57 Å². The molecule has 0 fully saturated rings. The molecule has 0 spiro atoms. The van der Waals surface area contributed by atoms with Crippen molar-refractivity contribution < 1.29 is 15.0 Å². The van der Waals surface area contributed by atoms with Gasteiger partial charge in [0.2, 0.25) is 0 Å². The van der Waals surface area contributed by atoms with Crippen molar-refractivity contribution in [2.24, 2.45) is 5.92 Å². The van der Waals surface area contributed by atoms with Crippen molar-refractivity contribution in [3.05, 3.63) is 93.1 Å². The van der Waals surface area contributed by atoms with E-state index in [0.717, 1.165) is 44.5 Å². The van der Waals surface area contributed by atoms with Gasteiger partial charge in [-0.15, -0.1) is 0 Å². The van der Waals surface area contributed by atoms with Crippen LogP contribution in [0, 0.1) is 5.92 Å². The van der Waals surface area contributed by atoms with Gasteiger partial charge in [-0.1, -0.05) is 52.0 Å². The fourth-order valence-electron chi connectivity index (χ4n) is 4.51. The summed E-state index contributed by atoms with van der Waals surface area (Å²) in [6.07, 6.45) is 2.92. The van der Waals surface area contributed by atoms with E-state index >= 15 is 0 Å². The first-order chi connectivity index (χ1) is 14.2. The summed E-state index contributed by atoms with van der Waals surface area (Å²) in [6, 6.07) is 11.5. The Morgan fingerprint density at radius 1 is 0.900 bits per heavy atom. The average molecular weight is 401 g/mol. The Kier molecular flexibility index (Phi) is 5.03. The number of aromatic hydroxyl groups is 1. The fraction of sp³-hybridized carbons (Fsp3) is 0.296. The number of benzene rings is 2. The van der Waals surface area contributed by atoms with Crippen molar-refractivity contribution in [1.29, 1.82) is 0 Å². The molecule has 2 aromatic rings. The lowest BCUT2D eigenvalue weighted by atomic mass is 9.74. The quantitative estimate of drug-likeness (QED) is 0.667. The van der Waals surface area contributed by atoms with Gasteiger partial charge < -0.3 is 10.2 Å². The summed E-state index contributed by atoms with van der Waals surface area (Å²) >= 11 is 0. The van der Waals surface area contributed by atoms with Gasteiger partial charge in [0.05, 0.1) is 0 Å². The van der Waals surface area contributed by atoms with Gasteiger partial charge in [0.15, 0.2) is 5.78 Å². The third-order valence-electron chi connectivity index (χ3n) is 6.16. The third-order valence-corrected chi connectivity index (χ3v) is 6.16. The smallest absolute Gasteiger partial charge is 0.182 e. The number of hydrogen-bond acceptors (Lipinski definition) is 3. The second kappa shape index (κ2) is 7.41. The number of phenols is 1. The average Bonchev–Trinajstić information content (AvgIpc) is 2.69. The van der Waals surface area contributed by atoms with Crippen LogP contribution in [0.3, 0.4) is 0 Å². The predicted molar refractivity (Wildman–Crippen MR) is 120 cm³/mol. The van der Waals surface area contributed by atoms with Gasteiger partial charge in [0.25, 0.3) is 0 Å². The van der Waals surface area contributed by atoms with Crippen LogP contribution in [-0.2, 0) is 4.79 Å². The highest BCUT2D eigenvalue weighted by atomic mass is 16.3. The Balaban J connectivity index is 2.12. The van der Waals surface area contributed by atoms with Crippen LogP contribution in [0.5, 0.6) is 5.75 Å². The van der Waals surface area contributed by atoms with Crippen LogP contribution in [0.2, 0.25) is 0 Å². The molecule has 0 saturated carbocycles. The molecule has 0 radical (unpaired) electrons. The highest BCUT2D eigenvalue weighted by molar-refractivity contribution is 6.09. The number of aliphatic hydroxyl groups is 1. The van der Waals surface area contributed by atoms with Crippen LogP contribution in [0.1, 0.15) is 74.5 Å². The van der Waals surface area contributed by atoms with Crippen LogP contribution in [0.15, 0.2) is 65.3 Å². The van der Waals surface area contributed by atoms with Crippen LogP contribution in [0.4, 0.5) is 0 Å². The van der Waals surface area contributed by atoms with E-state index in [1.54, 1.807) is 12.1 Å². The summed E-state index contributed by atoms with van der Waals surface area (Å²) in [5, 5.41) is 21.7. The Morgan fingerprint density at radius 2 is 1.60 bits per heavy atom. The molecular weight excluding hydrogens is 372 g/mol. The largest absolute Gasteiger partial charge is 0.508 e. The Hall–Kier alpha value is -2.91.